The summed E-state index contributed by atoms with van der Waals surface area (Å²) in [6.07, 6.45) is 7.42. The minimum Gasteiger partial charge on any atom is -0.398 e. The lowest BCUT2D eigenvalue weighted by atomic mass is 9.88. The maximum absolute atomic E-state index is 6.17. The van der Waals surface area contributed by atoms with E-state index in [1.165, 1.54) is 32.1 Å². The first-order chi connectivity index (χ1) is 7.61. The van der Waals surface area contributed by atoms with Gasteiger partial charge in [0.15, 0.2) is 0 Å². The van der Waals surface area contributed by atoms with Crippen molar-refractivity contribution in [3.63, 3.8) is 0 Å². The highest BCUT2D eigenvalue weighted by Crippen LogP contribution is 2.28. The summed E-state index contributed by atoms with van der Waals surface area (Å²) < 4.78 is 11.6. The molecule has 1 aliphatic rings. The van der Waals surface area contributed by atoms with Crippen LogP contribution in [0.25, 0.3) is 0 Å². The zero-order chi connectivity index (χ0) is 12.0. The Morgan fingerprint density at radius 2 is 1.94 bits per heavy atom. The molecule has 1 aliphatic carbocycles. The van der Waals surface area contributed by atoms with Crippen molar-refractivity contribution in [1.82, 2.24) is 0 Å². The van der Waals surface area contributed by atoms with Crippen LogP contribution in [0, 0.1) is 5.92 Å². The van der Waals surface area contributed by atoms with Gasteiger partial charge in [0.2, 0.25) is 0 Å². The van der Waals surface area contributed by atoms with Crippen molar-refractivity contribution in [2.24, 2.45) is 11.7 Å². The van der Waals surface area contributed by atoms with E-state index in [1.54, 1.807) is 7.11 Å². The second kappa shape index (κ2) is 6.74. The van der Waals surface area contributed by atoms with E-state index in [0.29, 0.717) is 5.92 Å². The number of nitrogens with two attached hydrogens (primary N) is 1. The zero-order valence-electron chi connectivity index (χ0n) is 11.0. The van der Waals surface area contributed by atoms with E-state index in [0.717, 1.165) is 12.5 Å². The first-order valence-corrected chi connectivity index (χ1v) is 9.12. The molecule has 0 radical (unpaired) electrons. The van der Waals surface area contributed by atoms with Crippen LogP contribution in [-0.2, 0) is 8.85 Å². The third-order valence-corrected chi connectivity index (χ3v) is 6.68. The van der Waals surface area contributed by atoms with Crippen molar-refractivity contribution < 1.29 is 8.85 Å². The van der Waals surface area contributed by atoms with Crippen molar-refractivity contribution in [3.05, 3.63) is 0 Å². The first-order valence-electron chi connectivity index (χ1n) is 6.60. The molecule has 16 heavy (non-hydrogen) atoms. The van der Waals surface area contributed by atoms with Crippen LogP contribution in [0.1, 0.15) is 45.4 Å². The molecule has 2 unspecified atom stereocenters. The van der Waals surface area contributed by atoms with Crippen molar-refractivity contribution in [3.8, 4) is 0 Å². The SMILES string of the molecule is CCC[Si](C)(OC)OC(N)C1CCCCC1. The van der Waals surface area contributed by atoms with E-state index in [4.69, 9.17) is 14.6 Å². The summed E-state index contributed by atoms with van der Waals surface area (Å²) in [6.45, 7) is 4.29. The minimum absolute atomic E-state index is 0.108. The molecule has 2 N–H and O–H groups in total. The zero-order valence-corrected chi connectivity index (χ0v) is 12.0. The van der Waals surface area contributed by atoms with Gasteiger partial charge < -0.3 is 14.6 Å². The van der Waals surface area contributed by atoms with Crippen LogP contribution >= 0.6 is 0 Å². The monoisotopic (exact) mass is 245 g/mol. The van der Waals surface area contributed by atoms with Gasteiger partial charge in [-0.3, -0.25) is 0 Å². The lowest BCUT2D eigenvalue weighted by Gasteiger charge is -2.34. The number of hydrogen-bond acceptors (Lipinski definition) is 3. The van der Waals surface area contributed by atoms with Crippen LogP contribution in [0.3, 0.4) is 0 Å². The normalized spacial score (nSPS) is 24.0. The second-order valence-corrected chi connectivity index (χ2v) is 8.48. The van der Waals surface area contributed by atoms with Gasteiger partial charge in [-0.15, -0.1) is 0 Å². The summed E-state index contributed by atoms with van der Waals surface area (Å²) in [5.74, 6) is 0.549. The van der Waals surface area contributed by atoms with Gasteiger partial charge >= 0.3 is 8.56 Å². The molecule has 3 nitrogen and oxygen atoms in total. The second-order valence-electron chi connectivity index (χ2n) is 5.07. The van der Waals surface area contributed by atoms with Gasteiger partial charge in [0.25, 0.3) is 0 Å². The molecule has 0 aromatic heterocycles. The van der Waals surface area contributed by atoms with Crippen molar-refractivity contribution in [1.29, 1.82) is 0 Å². The third-order valence-electron chi connectivity index (χ3n) is 3.64. The van der Waals surface area contributed by atoms with E-state index in [1.807, 2.05) is 0 Å². The Hall–Kier alpha value is 0.0969. The van der Waals surface area contributed by atoms with Crippen LogP contribution in [0.2, 0.25) is 12.6 Å². The Balaban J connectivity index is 2.43. The molecule has 0 heterocycles. The van der Waals surface area contributed by atoms with Crippen LogP contribution in [-0.4, -0.2) is 21.9 Å². The summed E-state index contributed by atoms with van der Waals surface area (Å²) >= 11 is 0. The molecule has 1 rings (SSSR count). The largest absolute Gasteiger partial charge is 0.398 e. The fourth-order valence-electron chi connectivity index (χ4n) is 2.51. The van der Waals surface area contributed by atoms with Gasteiger partial charge in [0.1, 0.15) is 0 Å². The molecular weight excluding hydrogens is 218 g/mol. The third kappa shape index (κ3) is 4.16. The topological polar surface area (TPSA) is 44.5 Å². The highest BCUT2D eigenvalue weighted by molar-refractivity contribution is 6.66. The van der Waals surface area contributed by atoms with E-state index in [9.17, 15) is 0 Å². The fraction of sp³-hybridized carbons (Fsp3) is 1.00. The number of hydrogen-bond donors (Lipinski definition) is 1. The average molecular weight is 245 g/mol. The fourth-order valence-corrected chi connectivity index (χ4v) is 4.60. The average Bonchev–Trinajstić information content (AvgIpc) is 2.30. The standard InChI is InChI=1S/C12H27NO2Si/c1-4-10-16(3,14-2)15-12(13)11-8-6-5-7-9-11/h11-12H,4-10,13H2,1-3H3. The molecule has 96 valence electrons. The van der Waals surface area contributed by atoms with E-state index < -0.39 is 8.56 Å². The summed E-state index contributed by atoms with van der Waals surface area (Å²) in [4.78, 5) is 0. The van der Waals surface area contributed by atoms with Crippen LogP contribution in [0.15, 0.2) is 0 Å². The quantitative estimate of drug-likeness (QED) is 0.578. The molecule has 1 saturated carbocycles. The van der Waals surface area contributed by atoms with E-state index in [2.05, 4.69) is 13.5 Å². The molecule has 0 spiro atoms. The Morgan fingerprint density at radius 3 is 2.44 bits per heavy atom. The maximum Gasteiger partial charge on any atom is 0.335 e. The molecular formula is C12H27NO2Si. The van der Waals surface area contributed by atoms with Gasteiger partial charge in [-0.1, -0.05) is 32.6 Å². The predicted molar refractivity (Wildman–Crippen MR) is 69.4 cm³/mol. The van der Waals surface area contributed by atoms with Gasteiger partial charge in [-0.2, -0.15) is 0 Å². The van der Waals surface area contributed by atoms with Crippen molar-refractivity contribution >= 4 is 8.56 Å². The summed E-state index contributed by atoms with van der Waals surface area (Å²) in [5, 5.41) is 0. The van der Waals surface area contributed by atoms with Gasteiger partial charge in [-0.05, 0) is 31.4 Å². The van der Waals surface area contributed by atoms with Crippen LogP contribution in [0.4, 0.5) is 0 Å². The predicted octanol–water partition coefficient (Wildman–Crippen LogP) is 3.00. The molecule has 0 aliphatic heterocycles. The Bertz CT molecular complexity index is 197. The summed E-state index contributed by atoms with van der Waals surface area (Å²) in [5.41, 5.74) is 6.17. The lowest BCUT2D eigenvalue weighted by Crippen LogP contribution is -2.47. The minimum atomic E-state index is -2.00. The maximum atomic E-state index is 6.17. The lowest BCUT2D eigenvalue weighted by molar-refractivity contribution is 0.0716. The van der Waals surface area contributed by atoms with Crippen LogP contribution < -0.4 is 5.73 Å². The number of rotatable bonds is 6. The van der Waals surface area contributed by atoms with Crippen molar-refractivity contribution in [2.75, 3.05) is 7.11 Å². The van der Waals surface area contributed by atoms with Gasteiger partial charge in [0, 0.05) is 7.11 Å². The molecule has 0 saturated heterocycles. The molecule has 1 fully saturated rings. The van der Waals surface area contributed by atoms with E-state index >= 15 is 0 Å². The molecule has 0 amide bonds. The molecule has 2 atom stereocenters. The summed E-state index contributed by atoms with van der Waals surface area (Å²) in [7, 11) is -0.236. The highest BCUT2D eigenvalue weighted by atomic mass is 28.4. The smallest absolute Gasteiger partial charge is 0.335 e. The highest BCUT2D eigenvalue weighted by Gasteiger charge is 2.34. The van der Waals surface area contributed by atoms with Crippen molar-refractivity contribution in [2.45, 2.75) is 64.3 Å². The Kier molecular flexibility index (Phi) is 5.96. The summed E-state index contributed by atoms with van der Waals surface area (Å²) in [6, 6.07) is 1.03. The first kappa shape index (κ1) is 14.2. The molecule has 4 heteroatoms. The Labute approximate surface area is 101 Å². The van der Waals surface area contributed by atoms with Gasteiger partial charge in [-0.25, -0.2) is 0 Å². The van der Waals surface area contributed by atoms with E-state index in [-0.39, 0.29) is 6.23 Å². The molecule has 0 aromatic carbocycles. The Morgan fingerprint density at radius 1 is 1.31 bits per heavy atom. The van der Waals surface area contributed by atoms with Gasteiger partial charge in [0.05, 0.1) is 6.23 Å². The molecule has 0 bridgehead atoms. The van der Waals surface area contributed by atoms with Crippen LogP contribution in [0.5, 0.6) is 0 Å². The molecule has 0 aromatic rings.